The molecule has 0 heterocycles. The van der Waals surface area contributed by atoms with Gasteiger partial charge >= 0.3 is 0 Å². The molecule has 1 saturated carbocycles. The highest BCUT2D eigenvalue weighted by atomic mass is 16.5. The van der Waals surface area contributed by atoms with Crippen molar-refractivity contribution in [2.45, 2.75) is 33.1 Å². The van der Waals surface area contributed by atoms with Crippen molar-refractivity contribution in [3.63, 3.8) is 0 Å². The van der Waals surface area contributed by atoms with Gasteiger partial charge < -0.3 is 20.5 Å². The summed E-state index contributed by atoms with van der Waals surface area (Å²) in [5, 5.41) is 2.95. The highest BCUT2D eigenvalue weighted by Gasteiger charge is 2.42. The SMILES string of the molecule is CCOc1ccc(NC(=O)C2(CN)CCC2)cc1OCC. The van der Waals surface area contributed by atoms with Crippen molar-refractivity contribution < 1.29 is 14.3 Å². The third-order valence-corrected chi connectivity index (χ3v) is 3.98. The summed E-state index contributed by atoms with van der Waals surface area (Å²) in [6, 6.07) is 5.45. The molecular weight excluding hydrogens is 268 g/mol. The molecule has 116 valence electrons. The van der Waals surface area contributed by atoms with E-state index in [0.29, 0.717) is 36.9 Å². The number of carbonyl (C=O) groups is 1. The van der Waals surface area contributed by atoms with E-state index in [4.69, 9.17) is 15.2 Å². The number of ether oxygens (including phenoxy) is 2. The molecule has 0 radical (unpaired) electrons. The topological polar surface area (TPSA) is 73.6 Å². The summed E-state index contributed by atoms with van der Waals surface area (Å²) in [5.74, 6) is 1.34. The maximum atomic E-state index is 12.4. The molecule has 1 aromatic carbocycles. The summed E-state index contributed by atoms with van der Waals surface area (Å²) in [6.45, 7) is 5.35. The van der Waals surface area contributed by atoms with Crippen LogP contribution in [0.4, 0.5) is 5.69 Å². The minimum absolute atomic E-state index is 0.00265. The predicted octanol–water partition coefficient (Wildman–Crippen LogP) is 2.55. The van der Waals surface area contributed by atoms with E-state index in [1.807, 2.05) is 26.0 Å². The van der Waals surface area contributed by atoms with Gasteiger partial charge in [-0.1, -0.05) is 6.42 Å². The second-order valence-corrected chi connectivity index (χ2v) is 5.32. The van der Waals surface area contributed by atoms with E-state index in [9.17, 15) is 4.79 Å². The zero-order valence-electron chi connectivity index (χ0n) is 12.8. The van der Waals surface area contributed by atoms with Gasteiger partial charge in [-0.3, -0.25) is 4.79 Å². The van der Waals surface area contributed by atoms with E-state index in [-0.39, 0.29) is 11.3 Å². The molecule has 0 aliphatic heterocycles. The van der Waals surface area contributed by atoms with E-state index >= 15 is 0 Å². The highest BCUT2D eigenvalue weighted by Crippen LogP contribution is 2.41. The molecule has 0 spiro atoms. The first-order valence-electron chi connectivity index (χ1n) is 7.56. The van der Waals surface area contributed by atoms with Gasteiger partial charge in [0, 0.05) is 18.3 Å². The molecule has 0 saturated heterocycles. The first-order chi connectivity index (χ1) is 10.1. The Morgan fingerprint density at radius 2 is 1.90 bits per heavy atom. The van der Waals surface area contributed by atoms with Crippen molar-refractivity contribution >= 4 is 11.6 Å². The molecule has 3 N–H and O–H groups in total. The summed E-state index contributed by atoms with van der Waals surface area (Å²) < 4.78 is 11.1. The van der Waals surface area contributed by atoms with Crippen LogP contribution in [-0.4, -0.2) is 25.7 Å². The van der Waals surface area contributed by atoms with Crippen molar-refractivity contribution in [1.82, 2.24) is 0 Å². The summed E-state index contributed by atoms with van der Waals surface area (Å²) >= 11 is 0. The first kappa shape index (κ1) is 15.6. The zero-order chi connectivity index (χ0) is 15.3. The molecule has 21 heavy (non-hydrogen) atoms. The van der Waals surface area contributed by atoms with Gasteiger partial charge in [-0.05, 0) is 38.8 Å². The maximum Gasteiger partial charge on any atom is 0.231 e. The molecule has 1 aliphatic carbocycles. The fourth-order valence-corrected chi connectivity index (χ4v) is 2.52. The van der Waals surface area contributed by atoms with Gasteiger partial charge in [-0.15, -0.1) is 0 Å². The number of nitrogens with two attached hydrogens (primary N) is 1. The Morgan fingerprint density at radius 3 is 2.43 bits per heavy atom. The second kappa shape index (κ2) is 6.80. The normalized spacial score (nSPS) is 16.0. The van der Waals surface area contributed by atoms with Gasteiger partial charge in [-0.2, -0.15) is 0 Å². The molecule has 0 bridgehead atoms. The summed E-state index contributed by atoms with van der Waals surface area (Å²) in [7, 11) is 0. The third-order valence-electron chi connectivity index (χ3n) is 3.98. The van der Waals surface area contributed by atoms with Crippen LogP contribution in [0.15, 0.2) is 18.2 Å². The molecule has 0 aromatic heterocycles. The van der Waals surface area contributed by atoms with Gasteiger partial charge in [0.2, 0.25) is 5.91 Å². The standard InChI is InChI=1S/C16H24N2O3/c1-3-20-13-7-6-12(10-14(13)21-4-2)18-15(19)16(11-17)8-5-9-16/h6-7,10H,3-5,8-9,11,17H2,1-2H3,(H,18,19). The summed E-state index contributed by atoms with van der Waals surface area (Å²) in [5.41, 5.74) is 6.09. The van der Waals surface area contributed by atoms with Gasteiger partial charge in [0.1, 0.15) is 0 Å². The van der Waals surface area contributed by atoms with Crippen LogP contribution in [0.3, 0.4) is 0 Å². The van der Waals surface area contributed by atoms with Crippen LogP contribution >= 0.6 is 0 Å². The molecule has 2 rings (SSSR count). The van der Waals surface area contributed by atoms with Crippen LogP contribution in [-0.2, 0) is 4.79 Å². The molecule has 1 aromatic rings. The van der Waals surface area contributed by atoms with E-state index in [1.165, 1.54) is 0 Å². The van der Waals surface area contributed by atoms with Crippen LogP contribution < -0.4 is 20.5 Å². The van der Waals surface area contributed by atoms with Crippen LogP contribution in [0.25, 0.3) is 0 Å². The van der Waals surface area contributed by atoms with Crippen molar-refractivity contribution in [1.29, 1.82) is 0 Å². The fraction of sp³-hybridized carbons (Fsp3) is 0.562. The number of amides is 1. The number of hydrogen-bond acceptors (Lipinski definition) is 4. The Balaban J connectivity index is 2.13. The third kappa shape index (κ3) is 3.29. The lowest BCUT2D eigenvalue weighted by Crippen LogP contribution is -2.47. The first-order valence-corrected chi connectivity index (χ1v) is 7.56. The number of benzene rings is 1. The molecular formula is C16H24N2O3. The number of rotatable bonds is 7. The molecule has 1 aliphatic rings. The minimum atomic E-state index is -0.385. The lowest BCUT2D eigenvalue weighted by molar-refractivity contribution is -0.129. The van der Waals surface area contributed by atoms with E-state index in [0.717, 1.165) is 19.3 Å². The molecule has 5 heteroatoms. The molecule has 1 fully saturated rings. The Morgan fingerprint density at radius 1 is 1.24 bits per heavy atom. The van der Waals surface area contributed by atoms with Crippen LogP contribution in [0, 0.1) is 5.41 Å². The van der Waals surface area contributed by atoms with Crippen LogP contribution in [0.5, 0.6) is 11.5 Å². The Hall–Kier alpha value is -1.75. The summed E-state index contributed by atoms with van der Waals surface area (Å²) in [4.78, 5) is 12.4. The van der Waals surface area contributed by atoms with E-state index < -0.39 is 0 Å². The fourth-order valence-electron chi connectivity index (χ4n) is 2.52. The van der Waals surface area contributed by atoms with Crippen molar-refractivity contribution in [3.05, 3.63) is 18.2 Å². The van der Waals surface area contributed by atoms with Crippen molar-refractivity contribution in [2.24, 2.45) is 11.1 Å². The largest absolute Gasteiger partial charge is 0.490 e. The average Bonchev–Trinajstić information content (AvgIpc) is 2.41. The van der Waals surface area contributed by atoms with Gasteiger partial charge in [0.05, 0.1) is 18.6 Å². The van der Waals surface area contributed by atoms with Gasteiger partial charge in [-0.25, -0.2) is 0 Å². The molecule has 5 nitrogen and oxygen atoms in total. The van der Waals surface area contributed by atoms with Crippen molar-refractivity contribution in [3.8, 4) is 11.5 Å². The molecule has 0 unspecified atom stereocenters. The second-order valence-electron chi connectivity index (χ2n) is 5.32. The number of nitrogens with one attached hydrogen (secondary N) is 1. The average molecular weight is 292 g/mol. The lowest BCUT2D eigenvalue weighted by Gasteiger charge is -2.39. The number of hydrogen-bond donors (Lipinski definition) is 2. The van der Waals surface area contributed by atoms with E-state index in [2.05, 4.69) is 5.32 Å². The highest BCUT2D eigenvalue weighted by molar-refractivity contribution is 5.96. The van der Waals surface area contributed by atoms with Gasteiger partial charge in [0.15, 0.2) is 11.5 Å². The zero-order valence-corrected chi connectivity index (χ0v) is 12.8. The quantitative estimate of drug-likeness (QED) is 0.810. The minimum Gasteiger partial charge on any atom is -0.490 e. The Labute approximate surface area is 125 Å². The van der Waals surface area contributed by atoms with Crippen molar-refractivity contribution in [2.75, 3.05) is 25.1 Å². The number of carbonyl (C=O) groups excluding carboxylic acids is 1. The molecule has 0 atom stereocenters. The lowest BCUT2D eigenvalue weighted by atomic mass is 9.68. The molecule has 1 amide bonds. The van der Waals surface area contributed by atoms with Gasteiger partial charge in [0.25, 0.3) is 0 Å². The van der Waals surface area contributed by atoms with Crippen LogP contribution in [0.2, 0.25) is 0 Å². The smallest absolute Gasteiger partial charge is 0.231 e. The maximum absolute atomic E-state index is 12.4. The predicted molar refractivity (Wildman–Crippen MR) is 82.7 cm³/mol. The van der Waals surface area contributed by atoms with E-state index in [1.54, 1.807) is 6.07 Å². The monoisotopic (exact) mass is 292 g/mol. The number of anilines is 1. The Kier molecular flexibility index (Phi) is 5.07. The Bertz CT molecular complexity index is 493. The summed E-state index contributed by atoms with van der Waals surface area (Å²) in [6.07, 6.45) is 2.80. The van der Waals surface area contributed by atoms with Crippen LogP contribution in [0.1, 0.15) is 33.1 Å².